The van der Waals surface area contributed by atoms with Crippen LogP contribution in [0.5, 0.6) is 0 Å². The molecule has 0 unspecified atom stereocenters. The van der Waals surface area contributed by atoms with Crippen molar-refractivity contribution in [1.82, 2.24) is 18.4 Å². The lowest BCUT2D eigenvalue weighted by atomic mass is 10.2. The highest BCUT2D eigenvalue weighted by atomic mass is 32.2. The zero-order valence-corrected chi connectivity index (χ0v) is 15.4. The van der Waals surface area contributed by atoms with E-state index in [0.717, 1.165) is 63.5 Å². The molecule has 0 aromatic carbocycles. The van der Waals surface area contributed by atoms with Crippen LogP contribution in [-0.2, 0) is 36.6 Å². The summed E-state index contributed by atoms with van der Waals surface area (Å²) in [6.45, 7) is 1.80. The molecule has 0 atom stereocenters. The van der Waals surface area contributed by atoms with Crippen LogP contribution in [0, 0.1) is 0 Å². The molecule has 1 aromatic heterocycles. The summed E-state index contributed by atoms with van der Waals surface area (Å²) in [5.74, 6) is 0. The molecule has 0 spiro atoms. The van der Waals surface area contributed by atoms with Crippen molar-refractivity contribution in [2.75, 3.05) is 13.1 Å². The lowest BCUT2D eigenvalue weighted by Gasteiger charge is -2.31. The van der Waals surface area contributed by atoms with E-state index in [1.807, 2.05) is 11.7 Å². The van der Waals surface area contributed by atoms with Crippen molar-refractivity contribution in [3.8, 4) is 0 Å². The zero-order valence-electron chi connectivity index (χ0n) is 14.6. The Morgan fingerprint density at radius 2 is 1.79 bits per heavy atom. The molecule has 0 N–H and O–H groups in total. The zero-order chi connectivity index (χ0) is 16.7. The predicted molar refractivity (Wildman–Crippen MR) is 92.8 cm³/mol. The molecule has 3 aliphatic rings. The summed E-state index contributed by atoms with van der Waals surface area (Å²) in [4.78, 5) is 0. The molecular formula is C17H28N4O2S. The van der Waals surface area contributed by atoms with Crippen molar-refractivity contribution in [2.45, 2.75) is 70.4 Å². The first-order chi connectivity index (χ1) is 11.6. The standard InChI is InChI=1S/C17H28N4O2S/c1-19-17-10-6-9-15(17)16(18-19)13-21(14-7-2-3-8-14)24(22,23)20-11-4-5-12-20/h14H,2-13H2,1H3. The third kappa shape index (κ3) is 2.80. The third-order valence-corrected chi connectivity index (χ3v) is 7.96. The average Bonchev–Trinajstić information content (AvgIpc) is 3.33. The van der Waals surface area contributed by atoms with E-state index in [1.165, 1.54) is 11.3 Å². The summed E-state index contributed by atoms with van der Waals surface area (Å²) in [6, 6.07) is 0.148. The van der Waals surface area contributed by atoms with Crippen LogP contribution in [0.3, 0.4) is 0 Å². The smallest absolute Gasteiger partial charge is 0.272 e. The Morgan fingerprint density at radius 3 is 2.50 bits per heavy atom. The van der Waals surface area contributed by atoms with Gasteiger partial charge in [0.2, 0.25) is 0 Å². The number of hydrogen-bond acceptors (Lipinski definition) is 3. The van der Waals surface area contributed by atoms with Gasteiger partial charge in [0.25, 0.3) is 10.2 Å². The van der Waals surface area contributed by atoms with Crippen molar-refractivity contribution in [3.05, 3.63) is 17.0 Å². The minimum absolute atomic E-state index is 0.148. The van der Waals surface area contributed by atoms with Gasteiger partial charge in [-0.25, -0.2) is 0 Å². The molecule has 1 saturated heterocycles. The van der Waals surface area contributed by atoms with Gasteiger partial charge in [-0.15, -0.1) is 0 Å². The van der Waals surface area contributed by atoms with Gasteiger partial charge in [-0.1, -0.05) is 12.8 Å². The molecule has 4 rings (SSSR count). The molecule has 0 radical (unpaired) electrons. The van der Waals surface area contributed by atoms with Crippen LogP contribution in [-0.4, -0.2) is 45.9 Å². The lowest BCUT2D eigenvalue weighted by molar-refractivity contribution is 0.285. The Hall–Kier alpha value is -0.920. The third-order valence-electron chi connectivity index (χ3n) is 5.92. The van der Waals surface area contributed by atoms with E-state index >= 15 is 0 Å². The minimum Gasteiger partial charge on any atom is -0.272 e. The lowest BCUT2D eigenvalue weighted by Crippen LogP contribution is -2.46. The number of rotatable bonds is 5. The second kappa shape index (κ2) is 6.42. The van der Waals surface area contributed by atoms with E-state index in [0.29, 0.717) is 19.6 Å². The summed E-state index contributed by atoms with van der Waals surface area (Å²) >= 11 is 0. The number of hydrogen-bond donors (Lipinski definition) is 0. The number of aryl methyl sites for hydroxylation is 1. The molecule has 2 aliphatic carbocycles. The summed E-state index contributed by atoms with van der Waals surface area (Å²) in [7, 11) is -1.38. The van der Waals surface area contributed by atoms with E-state index in [-0.39, 0.29) is 6.04 Å². The largest absolute Gasteiger partial charge is 0.282 e. The van der Waals surface area contributed by atoms with Gasteiger partial charge in [-0.2, -0.15) is 22.1 Å². The molecule has 0 bridgehead atoms. The Morgan fingerprint density at radius 1 is 1.08 bits per heavy atom. The molecule has 1 aromatic rings. The maximum atomic E-state index is 13.2. The van der Waals surface area contributed by atoms with Crippen molar-refractivity contribution < 1.29 is 8.42 Å². The topological polar surface area (TPSA) is 58.4 Å². The molecule has 0 amide bonds. The first-order valence-corrected chi connectivity index (χ1v) is 10.8. The van der Waals surface area contributed by atoms with Gasteiger partial charge in [-0.05, 0) is 50.5 Å². The van der Waals surface area contributed by atoms with Gasteiger partial charge in [0.05, 0.1) is 12.2 Å². The fourth-order valence-corrected chi connectivity index (χ4v) is 6.52. The van der Waals surface area contributed by atoms with Gasteiger partial charge in [0.1, 0.15) is 0 Å². The average molecular weight is 353 g/mol. The highest BCUT2D eigenvalue weighted by molar-refractivity contribution is 7.86. The fraction of sp³-hybridized carbons (Fsp3) is 0.824. The molecule has 134 valence electrons. The maximum Gasteiger partial charge on any atom is 0.282 e. The Balaban J connectivity index is 1.65. The Kier molecular flexibility index (Phi) is 4.43. The molecule has 7 heteroatoms. The van der Waals surface area contributed by atoms with Crippen molar-refractivity contribution in [3.63, 3.8) is 0 Å². The molecule has 2 fully saturated rings. The molecule has 24 heavy (non-hydrogen) atoms. The van der Waals surface area contributed by atoms with Gasteiger partial charge in [0, 0.05) is 31.9 Å². The summed E-state index contributed by atoms with van der Waals surface area (Å²) in [5.41, 5.74) is 3.59. The van der Waals surface area contributed by atoms with E-state index < -0.39 is 10.2 Å². The highest BCUT2D eigenvalue weighted by Gasteiger charge is 2.38. The molecular weight excluding hydrogens is 324 g/mol. The first kappa shape index (κ1) is 16.5. The molecule has 1 aliphatic heterocycles. The summed E-state index contributed by atoms with van der Waals surface area (Å²) in [6.07, 6.45) is 9.49. The molecule has 6 nitrogen and oxygen atoms in total. The van der Waals surface area contributed by atoms with Crippen LogP contribution in [0.25, 0.3) is 0 Å². The van der Waals surface area contributed by atoms with Crippen LogP contribution >= 0.6 is 0 Å². The van der Waals surface area contributed by atoms with Crippen LogP contribution in [0.4, 0.5) is 0 Å². The molecule has 2 heterocycles. The minimum atomic E-state index is -3.37. The van der Waals surface area contributed by atoms with Crippen LogP contribution in [0.15, 0.2) is 0 Å². The SMILES string of the molecule is Cn1nc(CN(C2CCCC2)S(=O)(=O)N2CCCC2)c2c1CCC2. The quantitative estimate of drug-likeness (QED) is 0.814. The van der Waals surface area contributed by atoms with E-state index in [2.05, 4.69) is 5.10 Å². The van der Waals surface area contributed by atoms with Crippen LogP contribution in [0.1, 0.15) is 61.9 Å². The summed E-state index contributed by atoms with van der Waals surface area (Å²) < 4.78 is 31.9. The van der Waals surface area contributed by atoms with Gasteiger partial charge in [0.15, 0.2) is 0 Å². The number of fused-ring (bicyclic) bond motifs is 1. The van der Waals surface area contributed by atoms with E-state index in [4.69, 9.17) is 0 Å². The van der Waals surface area contributed by atoms with Crippen molar-refractivity contribution in [2.24, 2.45) is 7.05 Å². The Bertz CT molecular complexity index is 700. The number of nitrogens with zero attached hydrogens (tertiary/aromatic N) is 4. The van der Waals surface area contributed by atoms with Gasteiger partial charge >= 0.3 is 0 Å². The van der Waals surface area contributed by atoms with E-state index in [1.54, 1.807) is 8.61 Å². The van der Waals surface area contributed by atoms with E-state index in [9.17, 15) is 8.42 Å². The second-order valence-electron chi connectivity index (χ2n) is 7.45. The van der Waals surface area contributed by atoms with Gasteiger partial charge < -0.3 is 0 Å². The predicted octanol–water partition coefficient (Wildman–Crippen LogP) is 1.99. The first-order valence-electron chi connectivity index (χ1n) is 9.38. The normalized spacial score (nSPS) is 22.8. The summed E-state index contributed by atoms with van der Waals surface area (Å²) in [5, 5.41) is 4.68. The van der Waals surface area contributed by atoms with Crippen LogP contribution in [0.2, 0.25) is 0 Å². The van der Waals surface area contributed by atoms with Crippen molar-refractivity contribution in [1.29, 1.82) is 0 Å². The molecule has 1 saturated carbocycles. The maximum absolute atomic E-state index is 13.2. The van der Waals surface area contributed by atoms with Gasteiger partial charge in [-0.3, -0.25) is 4.68 Å². The monoisotopic (exact) mass is 352 g/mol. The fourth-order valence-electron chi connectivity index (χ4n) is 4.63. The van der Waals surface area contributed by atoms with Crippen LogP contribution < -0.4 is 0 Å². The second-order valence-corrected chi connectivity index (χ2v) is 9.33. The Labute approximate surface area is 145 Å². The number of aromatic nitrogens is 2. The van der Waals surface area contributed by atoms with Crippen molar-refractivity contribution >= 4 is 10.2 Å². The highest BCUT2D eigenvalue weighted by Crippen LogP contribution is 2.32.